The first kappa shape index (κ1) is 22.9. The van der Waals surface area contributed by atoms with E-state index in [-0.39, 0.29) is 50.7 Å². The Balaban J connectivity index is 0. The molecule has 0 heterocycles. The zero-order chi connectivity index (χ0) is 12.7. The van der Waals surface area contributed by atoms with Crippen LogP contribution in [0.1, 0.15) is 34.1 Å². The minimum atomic E-state index is -0.699. The predicted molar refractivity (Wildman–Crippen MR) is 78.6 cm³/mol. The third-order valence-corrected chi connectivity index (χ3v) is 6.13. The van der Waals surface area contributed by atoms with Crippen LogP contribution in [0.4, 0.5) is 0 Å². The molecule has 20 heavy (non-hydrogen) atoms. The molecule has 0 spiro atoms. The molecule has 2 aliphatic carbocycles. The third kappa shape index (κ3) is 4.31. The smallest absolute Gasteiger partial charge is 0.0455 e. The Kier molecular flexibility index (Phi) is 10.2. The first-order valence-corrected chi connectivity index (χ1v) is 9.52. The Labute approximate surface area is 157 Å². The summed E-state index contributed by atoms with van der Waals surface area (Å²) in [6.07, 6.45) is 7.17. The molecule has 0 amide bonds. The number of rotatable bonds is 2. The Morgan fingerprint density at radius 3 is 2.05 bits per heavy atom. The summed E-state index contributed by atoms with van der Waals surface area (Å²) in [6.45, 7) is 13.9. The fourth-order valence-corrected chi connectivity index (χ4v) is 5.42. The van der Waals surface area contributed by atoms with Gasteiger partial charge in [-0.3, -0.25) is 0 Å². The van der Waals surface area contributed by atoms with E-state index in [9.17, 15) is 0 Å². The maximum absolute atomic E-state index is 3.71. The first-order valence-electron chi connectivity index (χ1n) is 6.63. The van der Waals surface area contributed by atoms with Gasteiger partial charge in [0.05, 0.1) is 0 Å². The monoisotopic (exact) mass is 493 g/mol. The van der Waals surface area contributed by atoms with Crippen molar-refractivity contribution in [2.24, 2.45) is 5.92 Å². The fourth-order valence-electron chi connectivity index (χ4n) is 3.33. The zero-order valence-corrected chi connectivity index (χ0v) is 19.5. The number of hydrogen-bond acceptors (Lipinski definition) is 0. The van der Waals surface area contributed by atoms with Gasteiger partial charge in [-0.1, -0.05) is 57.9 Å². The van der Waals surface area contributed by atoms with Gasteiger partial charge >= 0.3 is 0 Å². The SMILES string of the molecule is CC1=CC(C)=C(C2=[C-]C(C)C([SiH](C)C)=C2C)C1.[Cl-].[Cl-].[Hf]. The van der Waals surface area contributed by atoms with Crippen molar-refractivity contribution in [2.75, 3.05) is 0 Å². The molecule has 1 atom stereocenters. The van der Waals surface area contributed by atoms with Crippen LogP contribution in [0.3, 0.4) is 0 Å². The van der Waals surface area contributed by atoms with Crippen LogP contribution in [0.15, 0.2) is 39.1 Å². The van der Waals surface area contributed by atoms with Crippen LogP contribution >= 0.6 is 0 Å². The second kappa shape index (κ2) is 8.92. The molecule has 0 saturated carbocycles. The predicted octanol–water partition coefficient (Wildman–Crippen LogP) is -1.62. The van der Waals surface area contributed by atoms with E-state index >= 15 is 0 Å². The molecule has 0 nitrogen and oxygen atoms in total. The van der Waals surface area contributed by atoms with Crippen molar-refractivity contribution in [1.82, 2.24) is 0 Å². The van der Waals surface area contributed by atoms with Gasteiger partial charge in [0.2, 0.25) is 0 Å². The molecular weight excluding hydrogens is 470 g/mol. The molecule has 0 radical (unpaired) electrons. The van der Waals surface area contributed by atoms with E-state index in [1.54, 1.807) is 5.20 Å². The molecular formula is C16H23Cl2HfSi-3. The Morgan fingerprint density at radius 2 is 1.70 bits per heavy atom. The molecule has 0 aromatic rings. The molecule has 0 aromatic heterocycles. The summed E-state index contributed by atoms with van der Waals surface area (Å²) in [5.41, 5.74) is 7.43. The molecule has 0 bridgehead atoms. The van der Waals surface area contributed by atoms with Gasteiger partial charge in [0.25, 0.3) is 0 Å². The summed E-state index contributed by atoms with van der Waals surface area (Å²) in [5.74, 6) is 0.554. The molecule has 1 unspecified atom stereocenters. The molecule has 0 N–H and O–H groups in total. The van der Waals surface area contributed by atoms with E-state index in [2.05, 4.69) is 52.9 Å². The maximum Gasteiger partial charge on any atom is 0.0455 e. The van der Waals surface area contributed by atoms with Gasteiger partial charge in [0.15, 0.2) is 0 Å². The van der Waals surface area contributed by atoms with Gasteiger partial charge in [-0.05, 0) is 6.92 Å². The summed E-state index contributed by atoms with van der Waals surface area (Å²) in [7, 11) is -0.699. The Morgan fingerprint density at radius 1 is 1.15 bits per heavy atom. The van der Waals surface area contributed by atoms with Crippen LogP contribution < -0.4 is 24.8 Å². The third-order valence-electron chi connectivity index (χ3n) is 3.95. The van der Waals surface area contributed by atoms with E-state index < -0.39 is 8.80 Å². The molecule has 2 aliphatic rings. The fraction of sp³-hybridized carbons (Fsp3) is 0.500. The van der Waals surface area contributed by atoms with Crippen LogP contribution in [0.2, 0.25) is 13.1 Å². The molecule has 0 saturated heterocycles. The number of hydrogen-bond donors (Lipinski definition) is 0. The van der Waals surface area contributed by atoms with Crippen molar-refractivity contribution >= 4 is 8.80 Å². The van der Waals surface area contributed by atoms with Gasteiger partial charge in [-0.25, -0.2) is 0 Å². The minimum Gasteiger partial charge on any atom is -1.00 e. The summed E-state index contributed by atoms with van der Waals surface area (Å²) in [6, 6.07) is 0. The Hall–Kier alpha value is 0.627. The first-order chi connectivity index (χ1) is 7.91. The number of allylic oxidation sites excluding steroid dienone is 8. The topological polar surface area (TPSA) is 0 Å². The number of halogens is 2. The summed E-state index contributed by atoms with van der Waals surface area (Å²) in [4.78, 5) is 0. The zero-order valence-electron chi connectivity index (χ0n) is 13.2. The standard InChI is InChI=1S/C16H23Si.2ClH.Hf/c1-10-7-11(2)14(8-10)15-9-12(3)16(13(15)4)17(5)6;;;/h7,12,17H,8H2,1-6H3;2*1H;/q-1;;;/p-2. The minimum absolute atomic E-state index is 0. The van der Waals surface area contributed by atoms with E-state index in [1.165, 1.54) is 27.9 Å². The second-order valence-electron chi connectivity index (χ2n) is 5.81. The van der Waals surface area contributed by atoms with Crippen molar-refractivity contribution in [3.63, 3.8) is 0 Å². The van der Waals surface area contributed by atoms with Crippen molar-refractivity contribution in [1.29, 1.82) is 0 Å². The van der Waals surface area contributed by atoms with Crippen molar-refractivity contribution in [2.45, 2.75) is 47.2 Å². The van der Waals surface area contributed by atoms with E-state index in [0.717, 1.165) is 6.42 Å². The van der Waals surface area contributed by atoms with Crippen molar-refractivity contribution in [3.05, 3.63) is 45.2 Å². The molecule has 0 fully saturated rings. The molecule has 2 rings (SSSR count). The Bertz CT molecular complexity index is 485. The normalized spacial score (nSPS) is 21.2. The van der Waals surface area contributed by atoms with Gasteiger partial charge in [0.1, 0.15) is 0 Å². The molecule has 4 heteroatoms. The molecule has 112 valence electrons. The van der Waals surface area contributed by atoms with Crippen LogP contribution in [0.25, 0.3) is 0 Å². The maximum atomic E-state index is 3.71. The van der Waals surface area contributed by atoms with Crippen molar-refractivity contribution in [3.8, 4) is 0 Å². The molecule has 0 aliphatic heterocycles. The summed E-state index contributed by atoms with van der Waals surface area (Å²) < 4.78 is 0. The largest absolute Gasteiger partial charge is 1.00 e. The van der Waals surface area contributed by atoms with Crippen LogP contribution in [-0.4, -0.2) is 8.80 Å². The summed E-state index contributed by atoms with van der Waals surface area (Å²) in [5, 5.41) is 1.71. The summed E-state index contributed by atoms with van der Waals surface area (Å²) >= 11 is 0. The van der Waals surface area contributed by atoms with Gasteiger partial charge in [-0.15, -0.1) is 16.3 Å². The van der Waals surface area contributed by atoms with Gasteiger partial charge in [-0.2, -0.15) is 17.2 Å². The van der Waals surface area contributed by atoms with Crippen LogP contribution in [0.5, 0.6) is 0 Å². The van der Waals surface area contributed by atoms with Crippen molar-refractivity contribution < 1.29 is 50.7 Å². The average molecular weight is 493 g/mol. The van der Waals surface area contributed by atoms with Crippen LogP contribution in [0, 0.1) is 12.0 Å². The van der Waals surface area contributed by atoms with E-state index in [4.69, 9.17) is 0 Å². The van der Waals surface area contributed by atoms with E-state index in [0.29, 0.717) is 5.92 Å². The van der Waals surface area contributed by atoms with Crippen LogP contribution in [-0.2, 0) is 25.8 Å². The molecule has 0 aromatic carbocycles. The quantitative estimate of drug-likeness (QED) is 0.321. The van der Waals surface area contributed by atoms with Gasteiger partial charge in [0, 0.05) is 34.6 Å². The van der Waals surface area contributed by atoms with E-state index in [1.807, 2.05) is 0 Å². The second-order valence-corrected chi connectivity index (χ2v) is 8.74. The average Bonchev–Trinajstić information content (AvgIpc) is 2.67. The van der Waals surface area contributed by atoms with Gasteiger partial charge < -0.3 is 24.8 Å².